The quantitative estimate of drug-likeness (QED) is 0.346. The predicted octanol–water partition coefficient (Wildman–Crippen LogP) is 3.78. The minimum absolute atomic E-state index is 0.370. The van der Waals surface area contributed by atoms with Crippen molar-refractivity contribution in [2.45, 2.75) is 38.8 Å². The van der Waals surface area contributed by atoms with Gasteiger partial charge in [0.2, 0.25) is 5.95 Å². The largest absolute Gasteiger partial charge is 0.489 e. The lowest BCUT2D eigenvalue weighted by atomic mass is 10.0. The van der Waals surface area contributed by atoms with E-state index in [9.17, 15) is 0 Å². The summed E-state index contributed by atoms with van der Waals surface area (Å²) in [6.45, 7) is 4.46. The van der Waals surface area contributed by atoms with Crippen LogP contribution >= 0.6 is 0 Å². The number of piperidine rings is 1. The van der Waals surface area contributed by atoms with Gasteiger partial charge in [0.05, 0.1) is 23.4 Å². The third kappa shape index (κ3) is 4.49. The third-order valence-corrected chi connectivity index (χ3v) is 6.71. The number of tetrazole rings is 1. The van der Waals surface area contributed by atoms with Crippen LogP contribution in [0.4, 0.5) is 5.95 Å². The summed E-state index contributed by atoms with van der Waals surface area (Å²) in [6.07, 6.45) is 10.4. The Labute approximate surface area is 208 Å². The van der Waals surface area contributed by atoms with E-state index in [0.29, 0.717) is 12.6 Å². The first-order chi connectivity index (χ1) is 17.8. The fourth-order valence-electron chi connectivity index (χ4n) is 4.63. The number of nitrogens with zero attached hydrogens (tertiary/aromatic N) is 9. The van der Waals surface area contributed by atoms with Crippen LogP contribution in [0.1, 0.15) is 36.9 Å². The summed E-state index contributed by atoms with van der Waals surface area (Å²) in [5, 5.41) is 17.1. The summed E-state index contributed by atoms with van der Waals surface area (Å²) in [7, 11) is 0. The third-order valence-electron chi connectivity index (χ3n) is 6.71. The van der Waals surface area contributed by atoms with Crippen molar-refractivity contribution in [3.8, 4) is 11.4 Å². The highest BCUT2D eigenvalue weighted by molar-refractivity contribution is 5.79. The lowest BCUT2D eigenvalue weighted by Gasteiger charge is -2.32. The van der Waals surface area contributed by atoms with E-state index in [1.165, 1.54) is 5.56 Å². The lowest BCUT2D eigenvalue weighted by molar-refractivity contribution is 0.306. The predicted molar refractivity (Wildman–Crippen MR) is 135 cm³/mol. The van der Waals surface area contributed by atoms with Crippen molar-refractivity contribution in [1.29, 1.82) is 0 Å². The fraction of sp³-hybridized carbons (Fsp3) is 0.308. The van der Waals surface area contributed by atoms with Crippen LogP contribution in [-0.2, 0) is 13.0 Å². The van der Waals surface area contributed by atoms with E-state index in [4.69, 9.17) is 9.84 Å². The number of aryl methyl sites for hydroxylation is 1. The van der Waals surface area contributed by atoms with Crippen molar-refractivity contribution in [3.63, 3.8) is 0 Å². The topological polar surface area (TPSA) is 99.7 Å². The van der Waals surface area contributed by atoms with Crippen LogP contribution in [-0.4, -0.2) is 53.0 Å². The second-order valence-corrected chi connectivity index (χ2v) is 8.98. The summed E-state index contributed by atoms with van der Waals surface area (Å²) >= 11 is 0. The molecule has 0 N–H and O–H groups in total. The van der Waals surface area contributed by atoms with Crippen LogP contribution in [0, 0.1) is 0 Å². The van der Waals surface area contributed by atoms with Gasteiger partial charge in [-0.1, -0.05) is 13.0 Å². The van der Waals surface area contributed by atoms with Crippen LogP contribution in [0.25, 0.3) is 16.6 Å². The van der Waals surface area contributed by atoms with Crippen LogP contribution in [0.2, 0.25) is 0 Å². The van der Waals surface area contributed by atoms with Gasteiger partial charge in [-0.05, 0) is 77.2 Å². The minimum atomic E-state index is 0.370. The number of hydrogen-bond acceptors (Lipinski definition) is 8. The van der Waals surface area contributed by atoms with Crippen molar-refractivity contribution in [2.75, 3.05) is 18.0 Å². The molecular formula is C26H27N9O. The molecule has 0 atom stereocenters. The number of fused-ring (bicyclic) bond motifs is 1. The Kier molecular flexibility index (Phi) is 5.98. The van der Waals surface area contributed by atoms with Crippen molar-refractivity contribution in [3.05, 3.63) is 78.5 Å². The van der Waals surface area contributed by atoms with Crippen molar-refractivity contribution in [2.24, 2.45) is 0 Å². The Hall–Kier alpha value is -4.34. The van der Waals surface area contributed by atoms with E-state index >= 15 is 0 Å². The zero-order valence-corrected chi connectivity index (χ0v) is 20.1. The summed E-state index contributed by atoms with van der Waals surface area (Å²) in [5.41, 5.74) is 4.31. The maximum absolute atomic E-state index is 6.00. The molecule has 0 radical (unpaired) electrons. The molecule has 6 rings (SSSR count). The molecule has 36 heavy (non-hydrogen) atoms. The van der Waals surface area contributed by atoms with E-state index in [0.717, 1.165) is 66.2 Å². The Bertz CT molecular complexity index is 1420. The van der Waals surface area contributed by atoms with E-state index < -0.39 is 0 Å². The normalized spacial score (nSPS) is 14.4. The molecule has 1 aliphatic rings. The molecule has 0 bridgehead atoms. The smallest absolute Gasteiger partial charge is 0.225 e. The first-order valence-electron chi connectivity index (χ1n) is 12.2. The molecule has 1 saturated heterocycles. The van der Waals surface area contributed by atoms with Gasteiger partial charge >= 0.3 is 0 Å². The van der Waals surface area contributed by atoms with Crippen molar-refractivity contribution in [1.82, 2.24) is 40.0 Å². The molecule has 5 aromatic rings. The average molecular weight is 482 g/mol. The van der Waals surface area contributed by atoms with Crippen LogP contribution in [0.15, 0.2) is 67.4 Å². The average Bonchev–Trinajstić information content (AvgIpc) is 3.63. The number of hydrogen-bond donors (Lipinski definition) is 0. The number of rotatable bonds is 7. The molecule has 4 heterocycles. The summed E-state index contributed by atoms with van der Waals surface area (Å²) in [4.78, 5) is 11.4. The molecule has 3 aromatic heterocycles. The Morgan fingerprint density at radius 3 is 2.47 bits per heavy atom. The summed E-state index contributed by atoms with van der Waals surface area (Å²) in [5.74, 6) is 1.62. The molecule has 0 saturated carbocycles. The van der Waals surface area contributed by atoms with Gasteiger partial charge in [-0.2, -0.15) is 5.10 Å². The molecule has 10 heteroatoms. The number of aromatic nitrogens is 8. The van der Waals surface area contributed by atoms with Crippen molar-refractivity contribution >= 4 is 16.9 Å². The molecule has 2 aromatic carbocycles. The molecule has 10 nitrogen and oxygen atoms in total. The molecule has 182 valence electrons. The van der Waals surface area contributed by atoms with E-state index in [2.05, 4.69) is 60.2 Å². The molecule has 0 amide bonds. The standard InChI is InChI=1S/C26H27N9O/c1-2-19-14-27-26(28-15-19)33-11-9-23(10-12-33)35-25-8-3-20(13-21(25)16-30-35)17-36-24-6-4-22(5-7-24)34-18-29-31-32-34/h3-8,13-16,18,23H,2,9-12,17H2,1H3. The molecule has 0 unspecified atom stereocenters. The maximum Gasteiger partial charge on any atom is 0.225 e. The Balaban J connectivity index is 1.08. The van der Waals surface area contributed by atoms with Gasteiger partial charge in [0.1, 0.15) is 18.7 Å². The van der Waals surface area contributed by atoms with Gasteiger partial charge in [-0.25, -0.2) is 14.6 Å². The highest BCUT2D eigenvalue weighted by Gasteiger charge is 2.23. The van der Waals surface area contributed by atoms with Gasteiger partial charge in [0.25, 0.3) is 0 Å². The van der Waals surface area contributed by atoms with Gasteiger partial charge in [0.15, 0.2) is 0 Å². The van der Waals surface area contributed by atoms with Crippen LogP contribution < -0.4 is 9.64 Å². The molecule has 0 aliphatic carbocycles. The number of anilines is 1. The Morgan fingerprint density at radius 2 is 1.75 bits per heavy atom. The minimum Gasteiger partial charge on any atom is -0.489 e. The second kappa shape index (κ2) is 9.73. The highest BCUT2D eigenvalue weighted by atomic mass is 16.5. The van der Waals surface area contributed by atoms with E-state index in [-0.39, 0.29) is 0 Å². The fourth-order valence-corrected chi connectivity index (χ4v) is 4.63. The maximum atomic E-state index is 6.00. The van der Waals surface area contributed by atoms with Gasteiger partial charge < -0.3 is 9.64 Å². The highest BCUT2D eigenvalue weighted by Crippen LogP contribution is 2.28. The second-order valence-electron chi connectivity index (χ2n) is 8.98. The van der Waals surface area contributed by atoms with E-state index in [1.54, 1.807) is 11.0 Å². The lowest BCUT2D eigenvalue weighted by Crippen LogP contribution is -2.36. The zero-order valence-electron chi connectivity index (χ0n) is 20.1. The number of ether oxygens (including phenoxy) is 1. The Morgan fingerprint density at radius 1 is 0.944 bits per heavy atom. The summed E-state index contributed by atoms with van der Waals surface area (Å²) in [6, 6.07) is 14.5. The molecule has 1 aliphatic heterocycles. The zero-order chi connectivity index (χ0) is 24.3. The molecule has 0 spiro atoms. The SMILES string of the molecule is CCc1cnc(N2CCC(n3ncc4cc(COc5ccc(-n6cnnn6)cc5)ccc43)CC2)nc1. The van der Waals surface area contributed by atoms with Crippen LogP contribution in [0.5, 0.6) is 5.75 Å². The molecular weight excluding hydrogens is 454 g/mol. The van der Waals surface area contributed by atoms with Gasteiger partial charge in [-0.15, -0.1) is 5.10 Å². The monoisotopic (exact) mass is 481 g/mol. The van der Waals surface area contributed by atoms with Crippen molar-refractivity contribution < 1.29 is 4.74 Å². The van der Waals surface area contributed by atoms with Gasteiger partial charge in [0, 0.05) is 30.9 Å². The first kappa shape index (κ1) is 22.1. The van der Waals surface area contributed by atoms with Crippen LogP contribution in [0.3, 0.4) is 0 Å². The first-order valence-corrected chi connectivity index (χ1v) is 12.2. The summed E-state index contributed by atoms with van der Waals surface area (Å²) < 4.78 is 9.78. The van der Waals surface area contributed by atoms with E-state index in [1.807, 2.05) is 42.9 Å². The number of benzene rings is 2. The molecule has 1 fully saturated rings. The van der Waals surface area contributed by atoms with Gasteiger partial charge in [-0.3, -0.25) is 4.68 Å².